The molecule has 0 aromatic heterocycles. The Kier molecular flexibility index (Phi) is 2.29. The molecule has 0 spiro atoms. The quantitative estimate of drug-likeness (QED) is 0.581. The van der Waals surface area contributed by atoms with Crippen molar-refractivity contribution in [2.24, 2.45) is 0 Å². The lowest BCUT2D eigenvalue weighted by Crippen LogP contribution is -2.19. The molecule has 0 heterocycles. The minimum Gasteiger partial charge on any atom is -0.388 e. The summed E-state index contributed by atoms with van der Waals surface area (Å²) in [6.45, 7) is 0. The molecule has 0 bridgehead atoms. The number of fused-ring (bicyclic) bond motifs is 2. The summed E-state index contributed by atoms with van der Waals surface area (Å²) in [6, 6.07) is 15.3. The van der Waals surface area contributed by atoms with E-state index in [4.69, 9.17) is 0 Å². The van der Waals surface area contributed by atoms with E-state index in [1.807, 2.05) is 0 Å². The largest absolute Gasteiger partial charge is 0.388 e. The predicted molar refractivity (Wildman–Crippen MR) is 86.7 cm³/mol. The van der Waals surface area contributed by atoms with Gasteiger partial charge in [-0.2, -0.15) is 0 Å². The Morgan fingerprint density at radius 3 is 2.81 bits per heavy atom. The Morgan fingerprint density at radius 2 is 1.86 bits per heavy atom. The highest BCUT2D eigenvalue weighted by Gasteiger charge is 2.32. The van der Waals surface area contributed by atoms with E-state index in [9.17, 15) is 5.11 Å². The van der Waals surface area contributed by atoms with Gasteiger partial charge in [0.25, 0.3) is 0 Å². The highest BCUT2D eigenvalue weighted by atomic mass is 16.3. The van der Waals surface area contributed by atoms with E-state index in [0.717, 1.165) is 6.42 Å². The van der Waals surface area contributed by atoms with Crippen molar-refractivity contribution < 1.29 is 5.11 Å². The number of rotatable bonds is 0. The maximum Gasteiger partial charge on any atom is 0.0808 e. The molecule has 1 nitrogen and oxygen atoms in total. The summed E-state index contributed by atoms with van der Waals surface area (Å²) in [6.07, 6.45) is 4.27. The fourth-order valence-electron chi connectivity index (χ4n) is 4.61. The van der Waals surface area contributed by atoms with Crippen molar-refractivity contribution in [2.45, 2.75) is 37.7 Å². The number of benzene rings is 3. The molecule has 3 aromatic carbocycles. The van der Waals surface area contributed by atoms with Crippen LogP contribution in [0.2, 0.25) is 0 Å². The van der Waals surface area contributed by atoms with Crippen LogP contribution in [0.15, 0.2) is 42.5 Å². The fraction of sp³-hybridized carbons (Fsp3) is 0.300. The van der Waals surface area contributed by atoms with Crippen LogP contribution in [0.5, 0.6) is 0 Å². The summed E-state index contributed by atoms with van der Waals surface area (Å²) in [5, 5.41) is 15.9. The van der Waals surface area contributed by atoms with Crippen molar-refractivity contribution >= 4 is 21.5 Å². The highest BCUT2D eigenvalue weighted by Crippen LogP contribution is 2.49. The molecule has 21 heavy (non-hydrogen) atoms. The smallest absolute Gasteiger partial charge is 0.0808 e. The first-order chi connectivity index (χ1) is 10.3. The Labute approximate surface area is 124 Å². The van der Waals surface area contributed by atoms with Crippen LogP contribution in [0, 0.1) is 0 Å². The highest BCUT2D eigenvalue weighted by molar-refractivity contribution is 6.05. The zero-order valence-corrected chi connectivity index (χ0v) is 12.0. The normalized spacial score (nSPS) is 23.7. The van der Waals surface area contributed by atoms with E-state index < -0.39 is 0 Å². The van der Waals surface area contributed by atoms with Gasteiger partial charge in [-0.1, -0.05) is 36.4 Å². The first kappa shape index (κ1) is 11.8. The second kappa shape index (κ2) is 4.08. The molecule has 3 aromatic rings. The average molecular weight is 274 g/mol. The molecule has 5 rings (SSSR count). The molecule has 2 aliphatic rings. The minimum atomic E-state index is -0.315. The molecule has 2 unspecified atom stereocenters. The zero-order valence-electron chi connectivity index (χ0n) is 12.0. The van der Waals surface area contributed by atoms with Gasteiger partial charge in [-0.05, 0) is 75.9 Å². The van der Waals surface area contributed by atoms with Crippen molar-refractivity contribution in [2.75, 3.05) is 0 Å². The van der Waals surface area contributed by atoms with Crippen molar-refractivity contribution in [3.63, 3.8) is 0 Å². The summed E-state index contributed by atoms with van der Waals surface area (Å²) in [7, 11) is 0. The number of hydrogen-bond acceptors (Lipinski definition) is 1. The van der Waals surface area contributed by atoms with Gasteiger partial charge in [0.1, 0.15) is 0 Å². The van der Waals surface area contributed by atoms with E-state index >= 15 is 0 Å². The molecule has 2 atom stereocenters. The monoisotopic (exact) mass is 274 g/mol. The van der Waals surface area contributed by atoms with Crippen LogP contribution in [-0.4, -0.2) is 5.11 Å². The Morgan fingerprint density at radius 1 is 0.952 bits per heavy atom. The van der Waals surface area contributed by atoms with E-state index in [-0.39, 0.29) is 6.10 Å². The lowest BCUT2D eigenvalue weighted by molar-refractivity contribution is 0.153. The van der Waals surface area contributed by atoms with Crippen LogP contribution < -0.4 is 0 Å². The van der Waals surface area contributed by atoms with Crippen LogP contribution in [-0.2, 0) is 6.42 Å². The van der Waals surface area contributed by atoms with E-state index in [1.54, 1.807) is 5.56 Å². The first-order valence-electron chi connectivity index (χ1n) is 7.98. The Hall–Kier alpha value is -1.86. The summed E-state index contributed by atoms with van der Waals surface area (Å²) >= 11 is 0. The molecule has 0 fully saturated rings. The van der Waals surface area contributed by atoms with Gasteiger partial charge < -0.3 is 5.11 Å². The SMILES string of the molecule is OC1CC2CCCc3ccc4cc5ccccc5c1c4c32. The van der Waals surface area contributed by atoms with Gasteiger partial charge in [-0.25, -0.2) is 0 Å². The fourth-order valence-corrected chi connectivity index (χ4v) is 4.61. The van der Waals surface area contributed by atoms with Crippen molar-refractivity contribution in [3.05, 3.63) is 59.2 Å². The number of aliphatic hydroxyl groups excluding tert-OH is 1. The molecule has 104 valence electrons. The van der Waals surface area contributed by atoms with Crippen molar-refractivity contribution in [1.29, 1.82) is 0 Å². The molecule has 0 amide bonds. The summed E-state index contributed by atoms with van der Waals surface area (Å²) in [4.78, 5) is 0. The second-order valence-corrected chi connectivity index (χ2v) is 6.59. The third kappa shape index (κ3) is 1.50. The second-order valence-electron chi connectivity index (χ2n) is 6.59. The van der Waals surface area contributed by atoms with Gasteiger partial charge >= 0.3 is 0 Å². The molecule has 1 heteroatoms. The molecule has 0 saturated heterocycles. The number of aliphatic hydroxyl groups is 1. The predicted octanol–water partition coefficient (Wildman–Crippen LogP) is 4.85. The van der Waals surface area contributed by atoms with Crippen molar-refractivity contribution in [3.8, 4) is 0 Å². The maximum atomic E-state index is 10.8. The van der Waals surface area contributed by atoms with Gasteiger partial charge in [0.2, 0.25) is 0 Å². The van der Waals surface area contributed by atoms with Gasteiger partial charge in [0.05, 0.1) is 6.10 Å². The number of hydrogen-bond donors (Lipinski definition) is 1. The number of aryl methyl sites for hydroxylation is 1. The standard InChI is InChI=1S/C20H18O/c21-17-11-14-6-3-5-12-8-9-15-10-13-4-1-2-7-16(13)20(17)19(15)18(12)14/h1-2,4,7-10,14,17,21H,3,5-6,11H2. The molecular weight excluding hydrogens is 256 g/mol. The molecule has 0 saturated carbocycles. The lowest BCUT2D eigenvalue weighted by atomic mass is 9.71. The first-order valence-corrected chi connectivity index (χ1v) is 7.98. The summed E-state index contributed by atoms with van der Waals surface area (Å²) < 4.78 is 0. The minimum absolute atomic E-state index is 0.315. The third-order valence-electron chi connectivity index (χ3n) is 5.45. The van der Waals surface area contributed by atoms with Crippen molar-refractivity contribution in [1.82, 2.24) is 0 Å². The van der Waals surface area contributed by atoms with Crippen LogP contribution in [0.3, 0.4) is 0 Å². The van der Waals surface area contributed by atoms with E-state index in [0.29, 0.717) is 5.92 Å². The Bertz CT molecular complexity index is 878. The summed E-state index contributed by atoms with van der Waals surface area (Å²) in [5.74, 6) is 0.557. The van der Waals surface area contributed by atoms with Gasteiger partial charge in [0.15, 0.2) is 0 Å². The maximum absolute atomic E-state index is 10.8. The van der Waals surface area contributed by atoms with Crippen LogP contribution in [0.4, 0.5) is 0 Å². The average Bonchev–Trinajstić information content (AvgIpc) is 2.52. The Balaban J connectivity index is 2.03. The lowest BCUT2D eigenvalue weighted by Gasteiger charge is -2.35. The van der Waals surface area contributed by atoms with Gasteiger partial charge in [-0.3, -0.25) is 0 Å². The van der Waals surface area contributed by atoms with Crippen LogP contribution >= 0.6 is 0 Å². The summed E-state index contributed by atoms with van der Waals surface area (Å²) in [5.41, 5.74) is 4.24. The van der Waals surface area contributed by atoms with Gasteiger partial charge in [-0.15, -0.1) is 0 Å². The molecule has 2 aliphatic carbocycles. The van der Waals surface area contributed by atoms with E-state index in [1.165, 1.54) is 51.9 Å². The van der Waals surface area contributed by atoms with Gasteiger partial charge in [0, 0.05) is 0 Å². The topological polar surface area (TPSA) is 20.2 Å². The molecule has 1 N–H and O–H groups in total. The van der Waals surface area contributed by atoms with Crippen LogP contribution in [0.1, 0.15) is 48.0 Å². The van der Waals surface area contributed by atoms with Crippen LogP contribution in [0.25, 0.3) is 21.5 Å². The third-order valence-corrected chi connectivity index (χ3v) is 5.45. The zero-order chi connectivity index (χ0) is 14.0. The molecule has 0 aliphatic heterocycles. The molecular formula is C20H18O. The molecule has 0 radical (unpaired) electrons. The van der Waals surface area contributed by atoms with E-state index in [2.05, 4.69) is 42.5 Å².